The summed E-state index contributed by atoms with van der Waals surface area (Å²) >= 11 is 0. The number of ether oxygens (including phenoxy) is 1. The zero-order valence-corrected chi connectivity index (χ0v) is 13.8. The molecule has 0 aromatic carbocycles. The molecule has 1 atom stereocenters. The Morgan fingerprint density at radius 1 is 1.17 bits per heavy atom. The first-order valence-corrected chi connectivity index (χ1v) is 8.51. The third kappa shape index (κ3) is 6.20. The summed E-state index contributed by atoms with van der Waals surface area (Å²) in [6.45, 7) is 4.36. The number of carbonyl (C=O) groups is 2. The zero-order valence-electron chi connectivity index (χ0n) is 13.8. The molecular formula is C17H27N3O3. The fourth-order valence-electron chi connectivity index (χ4n) is 3.08. The average Bonchev–Trinajstić information content (AvgIpc) is 2.79. The summed E-state index contributed by atoms with van der Waals surface area (Å²) in [7, 11) is 0. The molecule has 0 bridgehead atoms. The van der Waals surface area contributed by atoms with Crippen molar-refractivity contribution in [3.05, 3.63) is 0 Å². The van der Waals surface area contributed by atoms with Gasteiger partial charge in [-0.2, -0.15) is 0 Å². The summed E-state index contributed by atoms with van der Waals surface area (Å²) < 4.78 is 5.65. The van der Waals surface area contributed by atoms with Crippen molar-refractivity contribution in [2.75, 3.05) is 45.9 Å². The molecule has 0 radical (unpaired) electrons. The van der Waals surface area contributed by atoms with Crippen LogP contribution < -0.4 is 5.32 Å². The predicted molar refractivity (Wildman–Crippen MR) is 87.7 cm³/mol. The van der Waals surface area contributed by atoms with E-state index in [4.69, 9.17) is 11.2 Å². The Morgan fingerprint density at radius 3 is 2.78 bits per heavy atom. The molecule has 2 rings (SSSR count). The van der Waals surface area contributed by atoms with E-state index in [0.717, 1.165) is 51.9 Å². The Labute approximate surface area is 138 Å². The maximum atomic E-state index is 12.4. The summed E-state index contributed by atoms with van der Waals surface area (Å²) in [6, 6.07) is 0. The van der Waals surface area contributed by atoms with Crippen LogP contribution in [0.15, 0.2) is 0 Å². The van der Waals surface area contributed by atoms with E-state index in [9.17, 15) is 9.59 Å². The standard InChI is InChI=1S/C17H27N3O3/c1-2-7-18-16(21)14-19-8-5-9-20(11-10-19)17(22)13-15-6-3-4-12-23-15/h1,15H,3-14H2,(H,18,21)/t15-/m0/s1. The van der Waals surface area contributed by atoms with Crippen LogP contribution >= 0.6 is 0 Å². The van der Waals surface area contributed by atoms with Crippen LogP contribution in [0.5, 0.6) is 0 Å². The highest BCUT2D eigenvalue weighted by atomic mass is 16.5. The Morgan fingerprint density at radius 2 is 2.04 bits per heavy atom. The van der Waals surface area contributed by atoms with E-state index in [1.165, 1.54) is 0 Å². The lowest BCUT2D eigenvalue weighted by atomic mass is 10.1. The van der Waals surface area contributed by atoms with Crippen molar-refractivity contribution in [3.63, 3.8) is 0 Å². The van der Waals surface area contributed by atoms with Crippen LogP contribution in [0.2, 0.25) is 0 Å². The molecule has 2 aliphatic heterocycles. The third-order valence-corrected chi connectivity index (χ3v) is 4.37. The van der Waals surface area contributed by atoms with Crippen molar-refractivity contribution in [1.82, 2.24) is 15.1 Å². The van der Waals surface area contributed by atoms with E-state index in [1.807, 2.05) is 4.90 Å². The van der Waals surface area contributed by atoms with Gasteiger partial charge in [-0.15, -0.1) is 6.42 Å². The third-order valence-electron chi connectivity index (χ3n) is 4.37. The van der Waals surface area contributed by atoms with E-state index in [2.05, 4.69) is 16.1 Å². The Bertz CT molecular complexity index is 441. The molecule has 0 aromatic rings. The van der Waals surface area contributed by atoms with Gasteiger partial charge in [-0.25, -0.2) is 0 Å². The molecule has 0 aliphatic carbocycles. The largest absolute Gasteiger partial charge is 0.378 e. The van der Waals surface area contributed by atoms with Gasteiger partial charge in [0.15, 0.2) is 0 Å². The van der Waals surface area contributed by atoms with Crippen LogP contribution in [-0.2, 0) is 14.3 Å². The number of hydrogen-bond acceptors (Lipinski definition) is 4. The Kier molecular flexibility index (Phi) is 7.37. The first kappa shape index (κ1) is 17.8. The lowest BCUT2D eigenvalue weighted by molar-refractivity contribution is -0.135. The van der Waals surface area contributed by atoms with Gasteiger partial charge in [0, 0.05) is 32.8 Å². The van der Waals surface area contributed by atoms with Crippen molar-refractivity contribution >= 4 is 11.8 Å². The lowest BCUT2D eigenvalue weighted by Gasteiger charge is -2.26. The predicted octanol–water partition coefficient (Wildman–Crippen LogP) is 0.229. The van der Waals surface area contributed by atoms with Gasteiger partial charge in [0.25, 0.3) is 0 Å². The SMILES string of the molecule is C#CCNC(=O)CN1CCCN(C(=O)C[C@@H]2CCCCO2)CC1. The molecule has 2 saturated heterocycles. The van der Waals surface area contributed by atoms with E-state index >= 15 is 0 Å². The van der Waals surface area contributed by atoms with Gasteiger partial charge < -0.3 is 15.0 Å². The quantitative estimate of drug-likeness (QED) is 0.737. The second-order valence-electron chi connectivity index (χ2n) is 6.18. The number of hydrogen-bond donors (Lipinski definition) is 1. The highest BCUT2D eigenvalue weighted by molar-refractivity contribution is 5.78. The molecule has 23 heavy (non-hydrogen) atoms. The van der Waals surface area contributed by atoms with Gasteiger partial charge in [-0.05, 0) is 25.7 Å². The highest BCUT2D eigenvalue weighted by Crippen LogP contribution is 2.17. The number of nitrogens with zero attached hydrogens (tertiary/aromatic N) is 2. The molecule has 2 heterocycles. The summed E-state index contributed by atoms with van der Waals surface area (Å²) in [5, 5.41) is 2.67. The number of amides is 2. The van der Waals surface area contributed by atoms with E-state index in [1.54, 1.807) is 0 Å². The van der Waals surface area contributed by atoms with Gasteiger partial charge in [0.05, 0.1) is 25.6 Å². The summed E-state index contributed by atoms with van der Waals surface area (Å²) in [6.07, 6.45) is 9.84. The highest BCUT2D eigenvalue weighted by Gasteiger charge is 2.24. The first-order valence-electron chi connectivity index (χ1n) is 8.51. The molecule has 6 heteroatoms. The topological polar surface area (TPSA) is 61.9 Å². The monoisotopic (exact) mass is 321 g/mol. The zero-order chi connectivity index (χ0) is 16.5. The number of terminal acetylenes is 1. The van der Waals surface area contributed by atoms with Crippen LogP contribution in [0, 0.1) is 12.3 Å². The Balaban J connectivity index is 1.73. The minimum atomic E-state index is -0.0571. The molecule has 2 fully saturated rings. The van der Waals surface area contributed by atoms with Crippen molar-refractivity contribution in [3.8, 4) is 12.3 Å². The van der Waals surface area contributed by atoms with E-state index < -0.39 is 0 Å². The second kappa shape index (κ2) is 9.53. The van der Waals surface area contributed by atoms with Gasteiger partial charge in [-0.1, -0.05) is 5.92 Å². The van der Waals surface area contributed by atoms with Crippen LogP contribution in [-0.4, -0.2) is 73.6 Å². The maximum Gasteiger partial charge on any atom is 0.234 e. The minimum Gasteiger partial charge on any atom is -0.378 e. The van der Waals surface area contributed by atoms with Crippen molar-refractivity contribution in [2.45, 2.75) is 38.2 Å². The normalized spacial score (nSPS) is 22.9. The van der Waals surface area contributed by atoms with Gasteiger partial charge in [-0.3, -0.25) is 14.5 Å². The molecule has 0 aromatic heterocycles. The molecule has 0 spiro atoms. The van der Waals surface area contributed by atoms with Crippen LogP contribution in [0.1, 0.15) is 32.1 Å². The smallest absolute Gasteiger partial charge is 0.234 e. The fraction of sp³-hybridized carbons (Fsp3) is 0.765. The van der Waals surface area contributed by atoms with Gasteiger partial charge >= 0.3 is 0 Å². The summed E-state index contributed by atoms with van der Waals surface area (Å²) in [5.74, 6) is 2.51. The molecule has 0 unspecified atom stereocenters. The number of carbonyl (C=O) groups excluding carboxylic acids is 2. The second-order valence-corrected chi connectivity index (χ2v) is 6.18. The van der Waals surface area contributed by atoms with Crippen LogP contribution in [0.4, 0.5) is 0 Å². The molecule has 2 amide bonds. The molecule has 0 saturated carbocycles. The number of nitrogens with one attached hydrogen (secondary N) is 1. The molecule has 1 N–H and O–H groups in total. The van der Waals surface area contributed by atoms with Gasteiger partial charge in [0.2, 0.25) is 11.8 Å². The summed E-state index contributed by atoms with van der Waals surface area (Å²) in [5.41, 5.74) is 0. The fourth-order valence-corrected chi connectivity index (χ4v) is 3.08. The van der Waals surface area contributed by atoms with Gasteiger partial charge in [0.1, 0.15) is 0 Å². The van der Waals surface area contributed by atoms with Crippen molar-refractivity contribution in [2.24, 2.45) is 0 Å². The van der Waals surface area contributed by atoms with E-state index in [-0.39, 0.29) is 24.5 Å². The molecular weight excluding hydrogens is 294 g/mol. The van der Waals surface area contributed by atoms with Crippen molar-refractivity contribution in [1.29, 1.82) is 0 Å². The number of rotatable bonds is 5. The lowest BCUT2D eigenvalue weighted by Crippen LogP contribution is -2.40. The first-order chi connectivity index (χ1) is 11.2. The minimum absolute atomic E-state index is 0.0571. The molecule has 6 nitrogen and oxygen atoms in total. The van der Waals surface area contributed by atoms with Crippen LogP contribution in [0.25, 0.3) is 0 Å². The van der Waals surface area contributed by atoms with Crippen molar-refractivity contribution < 1.29 is 14.3 Å². The Hall–Kier alpha value is -1.58. The molecule has 2 aliphatic rings. The maximum absolute atomic E-state index is 12.4. The average molecular weight is 321 g/mol. The van der Waals surface area contributed by atoms with E-state index in [0.29, 0.717) is 19.5 Å². The molecule has 128 valence electrons. The summed E-state index contributed by atoms with van der Waals surface area (Å²) in [4.78, 5) is 28.1. The van der Waals surface area contributed by atoms with Crippen LogP contribution in [0.3, 0.4) is 0 Å².